The van der Waals surface area contributed by atoms with E-state index < -0.39 is 57.7 Å². The number of cyclic esters (lactones) is 1. The van der Waals surface area contributed by atoms with Gasteiger partial charge < -0.3 is 24.4 Å². The third-order valence-electron chi connectivity index (χ3n) is 13.1. The number of rotatable bonds is 0. The van der Waals surface area contributed by atoms with Crippen molar-refractivity contribution in [1.29, 1.82) is 0 Å². The van der Waals surface area contributed by atoms with Crippen LogP contribution in [0.1, 0.15) is 59.8 Å². The fourth-order valence-electron chi connectivity index (χ4n) is 11.7. The summed E-state index contributed by atoms with van der Waals surface area (Å²) >= 11 is 0. The molecule has 2 N–H and O–H groups in total. The molecule has 0 aromatic carbocycles. The summed E-state index contributed by atoms with van der Waals surface area (Å²) in [5.41, 5.74) is -4.39. The quantitative estimate of drug-likeness (QED) is 0.440. The van der Waals surface area contributed by atoms with Crippen molar-refractivity contribution < 1.29 is 38.8 Å². The van der Waals surface area contributed by atoms with Gasteiger partial charge in [0.15, 0.2) is 17.2 Å². The lowest BCUT2D eigenvalue weighted by Gasteiger charge is -2.73. The first-order valence-electron chi connectivity index (χ1n) is 14.7. The Kier molecular flexibility index (Phi) is 4.64. The highest BCUT2D eigenvalue weighted by atomic mass is 16.6. The number of hydrogen-bond donors (Lipinski definition) is 2. The molecular formula is C30H39NO8. The monoisotopic (exact) mass is 541 g/mol. The largest absolute Gasteiger partial charge is 0.465 e. The Morgan fingerprint density at radius 3 is 2.59 bits per heavy atom. The van der Waals surface area contributed by atoms with Crippen LogP contribution in [-0.2, 0) is 28.6 Å². The van der Waals surface area contributed by atoms with Crippen LogP contribution in [0.5, 0.6) is 0 Å². The molecule has 0 amide bonds. The van der Waals surface area contributed by atoms with Crippen molar-refractivity contribution in [3.05, 3.63) is 11.6 Å². The van der Waals surface area contributed by atoms with E-state index in [4.69, 9.17) is 14.2 Å². The summed E-state index contributed by atoms with van der Waals surface area (Å²) in [5.74, 6) is -2.31. The van der Waals surface area contributed by atoms with Gasteiger partial charge in [0, 0.05) is 40.5 Å². The molecular weight excluding hydrogens is 502 g/mol. The van der Waals surface area contributed by atoms with E-state index in [9.17, 15) is 24.6 Å². The molecule has 3 aliphatic carbocycles. The molecule has 212 valence electrons. The van der Waals surface area contributed by atoms with Crippen LogP contribution in [0.25, 0.3) is 0 Å². The normalized spacial score (nSPS) is 59.4. The summed E-state index contributed by atoms with van der Waals surface area (Å²) in [4.78, 5) is 43.2. The van der Waals surface area contributed by atoms with E-state index in [2.05, 4.69) is 11.8 Å². The Morgan fingerprint density at radius 2 is 1.87 bits per heavy atom. The molecule has 39 heavy (non-hydrogen) atoms. The van der Waals surface area contributed by atoms with Crippen LogP contribution < -0.4 is 0 Å². The summed E-state index contributed by atoms with van der Waals surface area (Å²) in [5, 5.41) is 24.8. The van der Waals surface area contributed by atoms with Crippen LogP contribution in [0, 0.1) is 45.8 Å². The van der Waals surface area contributed by atoms with E-state index in [0.717, 1.165) is 12.0 Å². The lowest BCUT2D eigenvalue weighted by Crippen LogP contribution is -2.85. The molecule has 0 aromatic rings. The van der Waals surface area contributed by atoms with Gasteiger partial charge >= 0.3 is 5.97 Å². The van der Waals surface area contributed by atoms with Gasteiger partial charge in [0.25, 0.3) is 0 Å². The second-order valence-electron chi connectivity index (χ2n) is 14.6. The maximum atomic E-state index is 14.6. The van der Waals surface area contributed by atoms with Crippen molar-refractivity contribution in [2.24, 2.45) is 45.8 Å². The van der Waals surface area contributed by atoms with E-state index in [1.807, 2.05) is 20.8 Å². The number of aliphatic hydroxyl groups excluding tert-OH is 2. The Hall–Kier alpha value is -1.65. The summed E-state index contributed by atoms with van der Waals surface area (Å²) in [7, 11) is 0. The number of nitrogens with zero attached hydrogens (tertiary/aromatic N) is 1. The predicted octanol–water partition coefficient (Wildman–Crippen LogP) is 1.59. The van der Waals surface area contributed by atoms with Gasteiger partial charge in [-0.15, -0.1) is 0 Å². The third kappa shape index (κ3) is 2.41. The second-order valence-corrected chi connectivity index (χ2v) is 14.6. The molecule has 4 spiro atoms. The summed E-state index contributed by atoms with van der Waals surface area (Å²) in [6, 6.07) is 0. The fraction of sp³-hybridized carbons (Fsp3) is 0.833. The number of aliphatic hydroxyl groups is 2. The summed E-state index contributed by atoms with van der Waals surface area (Å²) in [6.45, 7) is 8.59. The van der Waals surface area contributed by atoms with Crippen molar-refractivity contribution >= 4 is 17.5 Å². The molecule has 0 unspecified atom stereocenters. The zero-order valence-electron chi connectivity index (χ0n) is 23.1. The minimum atomic E-state index is -1.29. The molecule has 2 saturated carbocycles. The first-order valence-corrected chi connectivity index (χ1v) is 14.7. The number of Topliss-reactive ketones (excluding diaryl/α,β-unsaturated/α-hetero) is 1. The van der Waals surface area contributed by atoms with E-state index >= 15 is 0 Å². The maximum Gasteiger partial charge on any atom is 0.306 e. The summed E-state index contributed by atoms with van der Waals surface area (Å²) in [6.07, 6.45) is 1.87. The Bertz CT molecular complexity index is 1250. The number of carbonyl (C=O) groups excluding carboxylic acids is 3. The van der Waals surface area contributed by atoms with Crippen LogP contribution in [0.4, 0.5) is 0 Å². The van der Waals surface area contributed by atoms with E-state index in [1.54, 1.807) is 6.08 Å². The maximum absolute atomic E-state index is 14.6. The average Bonchev–Trinajstić information content (AvgIpc) is 3.47. The molecule has 7 fully saturated rings. The Balaban J connectivity index is 1.41. The standard InChI is InChI=1S/C30H39NO8/c1-14-6-18-22(19(32)7-14)16(3)23(35)24-27(10-21(34)37-12-27)26(4)9-20(33)29-8-15(2)5-17(39-29)11-31(29)30(26)25(36)28(18,24)13-38-30/h7,15-18,20,22,24-25,33,36H,5-6,8-13H2,1-4H3/t15-,16+,17+,18+,20+,22-,24+,25-,26-,27+,28-,29+,30+/m0/s1. The number of hydrogen-bond acceptors (Lipinski definition) is 9. The van der Waals surface area contributed by atoms with Gasteiger partial charge in [0.05, 0.1) is 31.8 Å². The van der Waals surface area contributed by atoms with Gasteiger partial charge in [-0.2, -0.15) is 0 Å². The van der Waals surface area contributed by atoms with Crippen LogP contribution in [0.2, 0.25) is 0 Å². The second kappa shape index (κ2) is 7.21. The molecule has 0 radical (unpaired) electrons. The number of esters is 1. The highest BCUT2D eigenvalue weighted by Gasteiger charge is 2.90. The Morgan fingerprint density at radius 1 is 1.10 bits per heavy atom. The predicted molar refractivity (Wildman–Crippen MR) is 135 cm³/mol. The van der Waals surface area contributed by atoms with Gasteiger partial charge in [0.2, 0.25) is 0 Å². The number of ketones is 2. The molecule has 9 nitrogen and oxygen atoms in total. The fourth-order valence-corrected chi connectivity index (χ4v) is 11.7. The molecule has 5 heterocycles. The molecule has 5 aliphatic heterocycles. The first-order chi connectivity index (χ1) is 18.4. The SMILES string of the molecule is CC1=CC(=O)[C@@H]2[C@@H](C1)[C@]13CO[C@@]4([C@H]1O)N1C[C@H]5C[C@H](C)C[C@@]1(O5)[C@H](O)C[C@@]4(C)[C@]1(COC(=O)C1)[C@H]3C(=O)[C@@H]2C. The van der Waals surface area contributed by atoms with Gasteiger partial charge in [0.1, 0.15) is 11.9 Å². The van der Waals surface area contributed by atoms with Crippen LogP contribution in [0.3, 0.4) is 0 Å². The number of piperidine rings is 1. The molecule has 8 rings (SSSR count). The number of allylic oxidation sites excluding steroid dienone is 2. The van der Waals surface area contributed by atoms with Gasteiger partial charge in [-0.25, -0.2) is 4.90 Å². The van der Waals surface area contributed by atoms with E-state index in [-0.39, 0.29) is 55.6 Å². The molecule has 5 saturated heterocycles. The van der Waals surface area contributed by atoms with Gasteiger partial charge in [-0.3, -0.25) is 14.4 Å². The highest BCUT2D eigenvalue weighted by molar-refractivity contribution is 6.00. The zero-order chi connectivity index (χ0) is 27.5. The molecule has 0 aromatic heterocycles. The van der Waals surface area contributed by atoms with Crippen molar-refractivity contribution in [2.75, 3.05) is 19.8 Å². The zero-order valence-corrected chi connectivity index (χ0v) is 23.1. The minimum absolute atomic E-state index is 0.0284. The molecule has 13 atom stereocenters. The number of carbonyl (C=O) groups is 3. The molecule has 8 aliphatic rings. The minimum Gasteiger partial charge on any atom is -0.465 e. The van der Waals surface area contributed by atoms with E-state index in [1.165, 1.54) is 0 Å². The molecule has 9 heteroatoms. The van der Waals surface area contributed by atoms with Crippen LogP contribution >= 0.6 is 0 Å². The smallest absolute Gasteiger partial charge is 0.306 e. The van der Waals surface area contributed by atoms with Crippen LogP contribution in [-0.4, -0.2) is 82.2 Å². The molecule has 4 bridgehead atoms. The topological polar surface area (TPSA) is 123 Å². The van der Waals surface area contributed by atoms with Crippen molar-refractivity contribution in [3.63, 3.8) is 0 Å². The average molecular weight is 542 g/mol. The van der Waals surface area contributed by atoms with Crippen molar-refractivity contribution in [1.82, 2.24) is 4.90 Å². The summed E-state index contributed by atoms with van der Waals surface area (Å²) < 4.78 is 19.3. The third-order valence-corrected chi connectivity index (χ3v) is 13.1. The van der Waals surface area contributed by atoms with E-state index in [0.29, 0.717) is 25.3 Å². The van der Waals surface area contributed by atoms with Gasteiger partial charge in [-0.05, 0) is 50.5 Å². The Labute approximate surface area is 228 Å². The van der Waals surface area contributed by atoms with Crippen LogP contribution in [0.15, 0.2) is 11.6 Å². The number of ether oxygens (including phenoxy) is 3. The lowest BCUT2D eigenvalue weighted by molar-refractivity contribution is -0.384. The van der Waals surface area contributed by atoms with Crippen molar-refractivity contribution in [2.45, 2.75) is 89.6 Å². The highest BCUT2D eigenvalue weighted by Crippen LogP contribution is 2.79. The first kappa shape index (κ1) is 25.1. The van der Waals surface area contributed by atoms with Crippen molar-refractivity contribution in [3.8, 4) is 0 Å². The lowest BCUT2D eigenvalue weighted by atomic mass is 9.33. The number of fused-ring (bicyclic) bond motifs is 4. The van der Waals surface area contributed by atoms with Gasteiger partial charge in [-0.1, -0.05) is 26.3 Å².